The minimum Gasteiger partial charge on any atom is -0.258 e. The van der Waals surface area contributed by atoms with E-state index in [0.29, 0.717) is 6.42 Å². The Labute approximate surface area is 129 Å². The summed E-state index contributed by atoms with van der Waals surface area (Å²) in [6.07, 6.45) is 0.461. The Kier molecular flexibility index (Phi) is 4.89. The molecule has 0 saturated carbocycles. The van der Waals surface area contributed by atoms with Gasteiger partial charge < -0.3 is 0 Å². The van der Waals surface area contributed by atoms with Crippen LogP contribution in [0.25, 0.3) is 0 Å². The number of hydrogen-bond donors (Lipinski definition) is 1. The number of aryl methyl sites for hydroxylation is 1. The Bertz CT molecular complexity index is 770. The van der Waals surface area contributed by atoms with E-state index in [4.69, 9.17) is 0 Å². The van der Waals surface area contributed by atoms with Crippen LogP contribution < -0.4 is 4.72 Å². The Morgan fingerprint density at radius 1 is 1.14 bits per heavy atom. The number of sulfonamides is 1. The van der Waals surface area contributed by atoms with Crippen molar-refractivity contribution < 1.29 is 13.3 Å². The zero-order chi connectivity index (χ0) is 16.2. The molecule has 2 rings (SSSR count). The molecule has 0 unspecified atom stereocenters. The van der Waals surface area contributed by atoms with E-state index in [1.54, 1.807) is 30.3 Å². The van der Waals surface area contributed by atoms with Crippen molar-refractivity contribution in [3.05, 3.63) is 69.8 Å². The van der Waals surface area contributed by atoms with E-state index in [9.17, 15) is 18.5 Å². The molecule has 0 aromatic heterocycles. The summed E-state index contributed by atoms with van der Waals surface area (Å²) in [7, 11) is -3.53. The Morgan fingerprint density at radius 2 is 1.82 bits per heavy atom. The molecule has 0 fully saturated rings. The lowest BCUT2D eigenvalue weighted by molar-refractivity contribution is -0.384. The molecule has 6 nitrogen and oxygen atoms in total. The fourth-order valence-corrected chi connectivity index (χ4v) is 3.12. The normalized spacial score (nSPS) is 11.3. The molecule has 0 aliphatic rings. The lowest BCUT2D eigenvalue weighted by Crippen LogP contribution is -2.26. The number of nitro groups is 1. The van der Waals surface area contributed by atoms with E-state index in [-0.39, 0.29) is 17.1 Å². The number of nitro benzene ring substituents is 1. The summed E-state index contributed by atoms with van der Waals surface area (Å²) in [5, 5.41) is 10.6. The summed E-state index contributed by atoms with van der Waals surface area (Å²) >= 11 is 0. The van der Waals surface area contributed by atoms with Gasteiger partial charge in [0.15, 0.2) is 0 Å². The molecule has 0 heterocycles. The molecule has 0 bridgehead atoms. The van der Waals surface area contributed by atoms with E-state index < -0.39 is 14.9 Å². The van der Waals surface area contributed by atoms with E-state index >= 15 is 0 Å². The molecule has 0 spiro atoms. The minimum atomic E-state index is -3.53. The van der Waals surface area contributed by atoms with E-state index in [1.165, 1.54) is 12.1 Å². The van der Waals surface area contributed by atoms with Gasteiger partial charge in [-0.15, -0.1) is 0 Å². The third-order valence-corrected chi connectivity index (χ3v) is 4.61. The van der Waals surface area contributed by atoms with Gasteiger partial charge in [0.1, 0.15) is 0 Å². The van der Waals surface area contributed by atoms with E-state index in [1.807, 2.05) is 13.0 Å². The summed E-state index contributed by atoms with van der Waals surface area (Å²) in [5.74, 6) is 0. The fraction of sp³-hybridized carbons (Fsp3) is 0.200. The van der Waals surface area contributed by atoms with Crippen molar-refractivity contribution in [2.45, 2.75) is 18.2 Å². The van der Waals surface area contributed by atoms with Gasteiger partial charge in [0, 0.05) is 18.7 Å². The maximum Gasteiger partial charge on any atom is 0.269 e. The van der Waals surface area contributed by atoms with Crippen molar-refractivity contribution in [2.24, 2.45) is 0 Å². The van der Waals surface area contributed by atoms with Crippen LogP contribution in [0.4, 0.5) is 5.69 Å². The first kappa shape index (κ1) is 16.1. The monoisotopic (exact) mass is 320 g/mol. The average molecular weight is 320 g/mol. The predicted molar refractivity (Wildman–Crippen MR) is 83.2 cm³/mol. The van der Waals surface area contributed by atoms with Crippen LogP contribution in [0.3, 0.4) is 0 Å². The number of nitrogens with one attached hydrogen (secondary N) is 1. The van der Waals surface area contributed by atoms with Crippen molar-refractivity contribution >= 4 is 15.7 Å². The second-order valence-corrected chi connectivity index (χ2v) is 6.65. The molecule has 1 N–H and O–H groups in total. The van der Waals surface area contributed by atoms with Gasteiger partial charge >= 0.3 is 0 Å². The van der Waals surface area contributed by atoms with Gasteiger partial charge in [-0.2, -0.15) is 0 Å². The molecule has 116 valence electrons. The molecule has 2 aromatic rings. The number of nitrogens with zero attached hydrogens (tertiary/aromatic N) is 1. The van der Waals surface area contributed by atoms with Crippen LogP contribution in [0.5, 0.6) is 0 Å². The highest BCUT2D eigenvalue weighted by atomic mass is 32.2. The van der Waals surface area contributed by atoms with Crippen LogP contribution in [-0.4, -0.2) is 19.9 Å². The highest BCUT2D eigenvalue weighted by Gasteiger charge is 2.13. The van der Waals surface area contributed by atoms with Crippen LogP contribution in [0.1, 0.15) is 11.1 Å². The zero-order valence-corrected chi connectivity index (χ0v) is 12.8. The standard InChI is InChI=1S/C15H16N2O4S/c1-12-3-2-4-15(11-12)22(20,21)16-10-9-13-5-7-14(8-6-13)17(18)19/h2-8,11,16H,9-10H2,1H3. The third-order valence-electron chi connectivity index (χ3n) is 3.15. The molecule has 0 radical (unpaired) electrons. The summed E-state index contributed by atoms with van der Waals surface area (Å²) in [6, 6.07) is 12.7. The molecule has 0 amide bonds. The van der Waals surface area contributed by atoms with Crippen LogP contribution in [-0.2, 0) is 16.4 Å². The second-order valence-electron chi connectivity index (χ2n) is 4.89. The van der Waals surface area contributed by atoms with Gasteiger partial charge in [-0.25, -0.2) is 13.1 Å². The maximum absolute atomic E-state index is 12.1. The van der Waals surface area contributed by atoms with Crippen LogP contribution in [0.2, 0.25) is 0 Å². The Balaban J connectivity index is 1.96. The molecule has 22 heavy (non-hydrogen) atoms. The van der Waals surface area contributed by atoms with E-state index in [0.717, 1.165) is 11.1 Å². The van der Waals surface area contributed by atoms with Gasteiger partial charge in [-0.3, -0.25) is 10.1 Å². The average Bonchev–Trinajstić information content (AvgIpc) is 2.47. The van der Waals surface area contributed by atoms with Crippen LogP contribution in [0.15, 0.2) is 53.4 Å². The van der Waals surface area contributed by atoms with Gasteiger partial charge in [0.05, 0.1) is 9.82 Å². The van der Waals surface area contributed by atoms with Crippen molar-refractivity contribution in [3.63, 3.8) is 0 Å². The lowest BCUT2D eigenvalue weighted by Gasteiger charge is -2.07. The number of hydrogen-bond acceptors (Lipinski definition) is 4. The second kappa shape index (κ2) is 6.67. The van der Waals surface area contributed by atoms with Crippen molar-refractivity contribution in [2.75, 3.05) is 6.54 Å². The van der Waals surface area contributed by atoms with Gasteiger partial charge in [-0.05, 0) is 36.6 Å². The SMILES string of the molecule is Cc1cccc(S(=O)(=O)NCCc2ccc([N+](=O)[O-])cc2)c1. The number of benzene rings is 2. The van der Waals surface area contributed by atoms with Crippen molar-refractivity contribution in [1.29, 1.82) is 0 Å². The molecule has 0 atom stereocenters. The van der Waals surface area contributed by atoms with Gasteiger partial charge in [0.25, 0.3) is 5.69 Å². The minimum absolute atomic E-state index is 0.0177. The number of rotatable bonds is 6. The third kappa shape index (κ3) is 4.12. The highest BCUT2D eigenvalue weighted by molar-refractivity contribution is 7.89. The highest BCUT2D eigenvalue weighted by Crippen LogP contribution is 2.13. The van der Waals surface area contributed by atoms with Crippen molar-refractivity contribution in [1.82, 2.24) is 4.72 Å². The summed E-state index contributed by atoms with van der Waals surface area (Å²) in [4.78, 5) is 10.3. The summed E-state index contributed by atoms with van der Waals surface area (Å²) in [6.45, 7) is 2.06. The molecular formula is C15H16N2O4S. The first-order chi connectivity index (χ1) is 10.4. The Hall–Kier alpha value is -2.25. The Morgan fingerprint density at radius 3 is 2.41 bits per heavy atom. The topological polar surface area (TPSA) is 89.3 Å². The largest absolute Gasteiger partial charge is 0.269 e. The van der Waals surface area contributed by atoms with Crippen LogP contribution >= 0.6 is 0 Å². The maximum atomic E-state index is 12.1. The molecular weight excluding hydrogens is 304 g/mol. The van der Waals surface area contributed by atoms with Crippen molar-refractivity contribution in [3.8, 4) is 0 Å². The van der Waals surface area contributed by atoms with Gasteiger partial charge in [-0.1, -0.05) is 24.3 Å². The smallest absolute Gasteiger partial charge is 0.258 e. The van der Waals surface area contributed by atoms with E-state index in [2.05, 4.69) is 4.72 Å². The molecule has 2 aromatic carbocycles. The molecule has 0 saturated heterocycles. The zero-order valence-electron chi connectivity index (χ0n) is 12.0. The first-order valence-corrected chi connectivity index (χ1v) is 8.16. The summed E-state index contributed by atoms with van der Waals surface area (Å²) < 4.78 is 26.8. The quantitative estimate of drug-likeness (QED) is 0.654. The molecule has 0 aliphatic carbocycles. The lowest BCUT2D eigenvalue weighted by atomic mass is 10.1. The molecule has 7 heteroatoms. The summed E-state index contributed by atoms with van der Waals surface area (Å²) in [5.41, 5.74) is 1.72. The van der Waals surface area contributed by atoms with Crippen LogP contribution in [0, 0.1) is 17.0 Å². The molecule has 0 aliphatic heterocycles. The van der Waals surface area contributed by atoms with Gasteiger partial charge in [0.2, 0.25) is 10.0 Å². The predicted octanol–water partition coefficient (Wildman–Crippen LogP) is 2.42. The fourth-order valence-electron chi connectivity index (χ4n) is 1.98. The number of non-ortho nitro benzene ring substituents is 1. The first-order valence-electron chi connectivity index (χ1n) is 6.68.